The second kappa shape index (κ2) is 7.90. The highest BCUT2D eigenvalue weighted by Crippen LogP contribution is 1.97. The van der Waals surface area contributed by atoms with Gasteiger partial charge in [-0.1, -0.05) is 0 Å². The molecule has 0 radical (unpaired) electrons. The number of urea groups is 1. The maximum absolute atomic E-state index is 11.4. The second-order valence-electron chi connectivity index (χ2n) is 3.76. The van der Waals surface area contributed by atoms with E-state index in [2.05, 4.69) is 15.4 Å². The minimum atomic E-state index is -1.30. The number of carbonyl (C=O) groups excluding carboxylic acids is 3. The quantitative estimate of drug-likeness (QED) is 0.418. The fraction of sp³-hybridized carbons (Fsp3) is 0.600. The van der Waals surface area contributed by atoms with E-state index in [0.29, 0.717) is 0 Å². The van der Waals surface area contributed by atoms with Crippen LogP contribution in [0.4, 0.5) is 4.79 Å². The van der Waals surface area contributed by atoms with Crippen LogP contribution in [-0.4, -0.2) is 48.2 Å². The zero-order valence-electron chi connectivity index (χ0n) is 10.6. The molecule has 5 N–H and O–H groups in total. The number of carbonyl (C=O) groups is 4. The fourth-order valence-electron chi connectivity index (χ4n) is 1.18. The van der Waals surface area contributed by atoms with E-state index in [1.807, 2.05) is 0 Å². The highest BCUT2D eigenvalue weighted by Gasteiger charge is 2.22. The first-order chi connectivity index (χ1) is 8.77. The molecule has 0 fully saturated rings. The van der Waals surface area contributed by atoms with Crippen LogP contribution >= 0.6 is 0 Å². The zero-order chi connectivity index (χ0) is 15.0. The smallest absolute Gasteiger partial charge is 0.328 e. The summed E-state index contributed by atoms with van der Waals surface area (Å²) in [6, 6.07) is -3.04. The van der Waals surface area contributed by atoms with E-state index in [1.54, 1.807) is 0 Å². The van der Waals surface area contributed by atoms with E-state index in [-0.39, 0.29) is 12.8 Å². The third-order valence-electron chi connectivity index (χ3n) is 2.19. The molecule has 9 nitrogen and oxygen atoms in total. The largest absolute Gasteiger partial charge is 0.480 e. The van der Waals surface area contributed by atoms with Crippen LogP contribution in [0.2, 0.25) is 0 Å². The molecule has 0 saturated heterocycles. The van der Waals surface area contributed by atoms with Crippen molar-refractivity contribution in [2.24, 2.45) is 5.73 Å². The Morgan fingerprint density at radius 3 is 2.26 bits per heavy atom. The van der Waals surface area contributed by atoms with Crippen molar-refractivity contribution in [3.05, 3.63) is 0 Å². The molecule has 1 unspecified atom stereocenters. The van der Waals surface area contributed by atoms with Gasteiger partial charge in [0.05, 0.1) is 7.11 Å². The van der Waals surface area contributed by atoms with Gasteiger partial charge in [0.1, 0.15) is 12.1 Å². The Kier molecular flexibility index (Phi) is 6.94. The molecule has 0 bridgehead atoms. The SMILES string of the molecule is COC(=O)C(C)NC(=O)N[C@@H](CCC(N)=O)C(=O)O. The van der Waals surface area contributed by atoms with Crippen molar-refractivity contribution in [1.82, 2.24) is 10.6 Å². The first-order valence-corrected chi connectivity index (χ1v) is 5.44. The molecular weight excluding hydrogens is 258 g/mol. The van der Waals surface area contributed by atoms with Gasteiger partial charge in [-0.2, -0.15) is 0 Å². The summed E-state index contributed by atoms with van der Waals surface area (Å²) >= 11 is 0. The van der Waals surface area contributed by atoms with Crippen molar-refractivity contribution in [3.8, 4) is 0 Å². The fourth-order valence-corrected chi connectivity index (χ4v) is 1.18. The lowest BCUT2D eigenvalue weighted by Crippen LogP contribution is -2.50. The molecule has 0 spiro atoms. The minimum Gasteiger partial charge on any atom is -0.480 e. The number of hydrogen-bond acceptors (Lipinski definition) is 5. The molecule has 0 aromatic carbocycles. The Hall–Kier alpha value is -2.32. The lowest BCUT2D eigenvalue weighted by Gasteiger charge is -2.16. The molecule has 2 atom stereocenters. The third kappa shape index (κ3) is 6.86. The lowest BCUT2D eigenvalue weighted by atomic mass is 10.1. The molecule has 0 aromatic rings. The topological polar surface area (TPSA) is 148 Å². The van der Waals surface area contributed by atoms with Crippen LogP contribution in [0.5, 0.6) is 0 Å². The van der Waals surface area contributed by atoms with E-state index in [9.17, 15) is 19.2 Å². The van der Waals surface area contributed by atoms with Gasteiger partial charge in [-0.3, -0.25) is 4.79 Å². The highest BCUT2D eigenvalue weighted by atomic mass is 16.5. The summed E-state index contributed by atoms with van der Waals surface area (Å²) < 4.78 is 4.39. The number of carboxylic acids is 1. The molecule has 108 valence electrons. The normalized spacial score (nSPS) is 12.9. The van der Waals surface area contributed by atoms with E-state index < -0.39 is 36.0 Å². The Morgan fingerprint density at radius 1 is 1.26 bits per heavy atom. The molecular formula is C10H17N3O6. The Morgan fingerprint density at radius 2 is 1.84 bits per heavy atom. The average molecular weight is 275 g/mol. The molecule has 0 aliphatic rings. The molecule has 3 amide bonds. The van der Waals surface area contributed by atoms with Gasteiger partial charge in [0.25, 0.3) is 0 Å². The van der Waals surface area contributed by atoms with Crippen LogP contribution in [0.25, 0.3) is 0 Å². The van der Waals surface area contributed by atoms with Crippen LogP contribution in [0.15, 0.2) is 0 Å². The maximum Gasteiger partial charge on any atom is 0.328 e. The summed E-state index contributed by atoms with van der Waals surface area (Å²) in [6.45, 7) is 1.38. The first kappa shape index (κ1) is 16.7. The first-order valence-electron chi connectivity index (χ1n) is 5.44. The van der Waals surface area contributed by atoms with Crippen molar-refractivity contribution in [3.63, 3.8) is 0 Å². The Bertz CT molecular complexity index is 370. The number of amides is 3. The summed E-state index contributed by atoms with van der Waals surface area (Å²) in [6.07, 6.45) is -0.311. The number of nitrogens with two attached hydrogens (primary N) is 1. The molecule has 0 heterocycles. The second-order valence-corrected chi connectivity index (χ2v) is 3.76. The molecule has 9 heteroatoms. The number of methoxy groups -OCH3 is 1. The molecule has 0 saturated carbocycles. The summed E-state index contributed by atoms with van der Waals surface area (Å²) in [4.78, 5) is 43.9. The number of aliphatic carboxylic acids is 1. The van der Waals surface area contributed by atoms with Gasteiger partial charge < -0.3 is 26.2 Å². The number of carboxylic acid groups (broad SMARTS) is 1. The van der Waals surface area contributed by atoms with Crippen molar-refractivity contribution in [2.45, 2.75) is 31.8 Å². The number of primary amides is 1. The van der Waals surface area contributed by atoms with Gasteiger partial charge >= 0.3 is 18.0 Å². The summed E-state index contributed by atoms with van der Waals surface area (Å²) in [5, 5.41) is 13.2. The standard InChI is InChI=1S/C10H17N3O6/c1-5(9(17)19-2)12-10(18)13-6(8(15)16)3-4-7(11)14/h5-6H,3-4H2,1-2H3,(H2,11,14)(H,15,16)(H2,12,13,18)/t5?,6-/m0/s1. The van der Waals surface area contributed by atoms with Crippen LogP contribution in [0, 0.1) is 0 Å². The van der Waals surface area contributed by atoms with Gasteiger partial charge in [0.15, 0.2) is 0 Å². The van der Waals surface area contributed by atoms with Crippen molar-refractivity contribution >= 4 is 23.9 Å². The van der Waals surface area contributed by atoms with Crippen LogP contribution in [-0.2, 0) is 19.1 Å². The maximum atomic E-state index is 11.4. The Labute approximate surface area is 109 Å². The number of hydrogen-bond donors (Lipinski definition) is 4. The van der Waals surface area contributed by atoms with Crippen LogP contribution < -0.4 is 16.4 Å². The van der Waals surface area contributed by atoms with Gasteiger partial charge in [0, 0.05) is 6.42 Å². The molecule has 0 rings (SSSR count). The number of nitrogens with one attached hydrogen (secondary N) is 2. The number of rotatable bonds is 7. The van der Waals surface area contributed by atoms with Crippen LogP contribution in [0.1, 0.15) is 19.8 Å². The molecule has 0 aromatic heterocycles. The predicted octanol–water partition coefficient (Wildman–Crippen LogP) is -1.43. The van der Waals surface area contributed by atoms with E-state index >= 15 is 0 Å². The van der Waals surface area contributed by atoms with Gasteiger partial charge in [-0.25, -0.2) is 14.4 Å². The highest BCUT2D eigenvalue weighted by molar-refractivity contribution is 5.86. The summed E-state index contributed by atoms with van der Waals surface area (Å²) in [5.74, 6) is -2.64. The minimum absolute atomic E-state index is 0.134. The van der Waals surface area contributed by atoms with Gasteiger partial charge in [-0.15, -0.1) is 0 Å². The molecule has 0 aliphatic heterocycles. The number of esters is 1. The van der Waals surface area contributed by atoms with Crippen LogP contribution in [0.3, 0.4) is 0 Å². The number of ether oxygens (including phenoxy) is 1. The lowest BCUT2D eigenvalue weighted by molar-refractivity contribution is -0.142. The van der Waals surface area contributed by atoms with Crippen molar-refractivity contribution in [1.29, 1.82) is 0 Å². The third-order valence-corrected chi connectivity index (χ3v) is 2.19. The van der Waals surface area contributed by atoms with E-state index in [4.69, 9.17) is 10.8 Å². The zero-order valence-corrected chi connectivity index (χ0v) is 10.6. The van der Waals surface area contributed by atoms with Gasteiger partial charge in [-0.05, 0) is 13.3 Å². The van der Waals surface area contributed by atoms with Crippen molar-refractivity contribution < 1.29 is 29.0 Å². The van der Waals surface area contributed by atoms with E-state index in [0.717, 1.165) is 7.11 Å². The summed E-state index contributed by atoms with van der Waals surface area (Å²) in [7, 11) is 1.16. The van der Waals surface area contributed by atoms with Crippen molar-refractivity contribution in [2.75, 3.05) is 7.11 Å². The van der Waals surface area contributed by atoms with Gasteiger partial charge in [0.2, 0.25) is 5.91 Å². The summed E-state index contributed by atoms with van der Waals surface area (Å²) in [5.41, 5.74) is 4.89. The Balaban J connectivity index is 4.35. The monoisotopic (exact) mass is 275 g/mol. The molecule has 0 aliphatic carbocycles. The predicted molar refractivity (Wildman–Crippen MR) is 63.0 cm³/mol. The molecule has 19 heavy (non-hydrogen) atoms. The van der Waals surface area contributed by atoms with E-state index in [1.165, 1.54) is 6.92 Å². The average Bonchev–Trinajstić information content (AvgIpc) is 2.32.